The van der Waals surface area contributed by atoms with Crippen molar-refractivity contribution < 1.29 is 4.74 Å². The van der Waals surface area contributed by atoms with E-state index in [4.69, 9.17) is 4.74 Å². The van der Waals surface area contributed by atoms with E-state index < -0.39 is 0 Å². The van der Waals surface area contributed by atoms with Gasteiger partial charge in [-0.1, -0.05) is 39.0 Å². The second-order valence-corrected chi connectivity index (χ2v) is 6.06. The van der Waals surface area contributed by atoms with Gasteiger partial charge in [-0.15, -0.1) is 0 Å². The summed E-state index contributed by atoms with van der Waals surface area (Å²) < 4.78 is 5.97. The van der Waals surface area contributed by atoms with Crippen molar-refractivity contribution in [3.05, 3.63) is 29.8 Å². The lowest BCUT2D eigenvalue weighted by Crippen LogP contribution is -2.38. The van der Waals surface area contributed by atoms with Gasteiger partial charge in [-0.25, -0.2) is 0 Å². The van der Waals surface area contributed by atoms with E-state index in [0.29, 0.717) is 5.92 Å². The third-order valence-corrected chi connectivity index (χ3v) is 3.86. The number of ether oxygens (including phenoxy) is 1. The first-order chi connectivity index (χ1) is 9.18. The Morgan fingerprint density at radius 1 is 1.32 bits per heavy atom. The van der Waals surface area contributed by atoms with Crippen molar-refractivity contribution in [2.75, 3.05) is 13.2 Å². The molecule has 1 aliphatic rings. The molecule has 0 amide bonds. The molecule has 2 heteroatoms. The molecule has 1 aromatic carbocycles. The maximum absolute atomic E-state index is 5.97. The monoisotopic (exact) mass is 261 g/mol. The molecule has 2 nitrogen and oxygen atoms in total. The fourth-order valence-corrected chi connectivity index (χ4v) is 3.22. The molecule has 19 heavy (non-hydrogen) atoms. The van der Waals surface area contributed by atoms with Crippen LogP contribution in [0.1, 0.15) is 52.0 Å². The summed E-state index contributed by atoms with van der Waals surface area (Å²) in [5, 5.41) is 3.75. The quantitative estimate of drug-likeness (QED) is 0.832. The van der Waals surface area contributed by atoms with Crippen LogP contribution in [0.25, 0.3) is 0 Å². The molecule has 0 spiro atoms. The zero-order valence-electron chi connectivity index (χ0n) is 12.5. The zero-order valence-corrected chi connectivity index (χ0v) is 12.5. The van der Waals surface area contributed by atoms with E-state index in [0.717, 1.165) is 25.3 Å². The van der Waals surface area contributed by atoms with Crippen LogP contribution in [0.3, 0.4) is 0 Å². The third-order valence-electron chi connectivity index (χ3n) is 3.86. The van der Waals surface area contributed by atoms with Crippen LogP contribution < -0.4 is 10.1 Å². The highest BCUT2D eigenvalue weighted by Gasteiger charge is 2.37. The SMILES string of the molecule is CCCOc1ccccc1C1(CC(C)C)CCCN1. The first-order valence-electron chi connectivity index (χ1n) is 7.65. The lowest BCUT2D eigenvalue weighted by atomic mass is 9.81. The Hall–Kier alpha value is -1.02. The fraction of sp³-hybridized carbons (Fsp3) is 0.647. The number of nitrogens with one attached hydrogen (secondary N) is 1. The predicted molar refractivity (Wildman–Crippen MR) is 80.6 cm³/mol. The molecule has 0 saturated carbocycles. The normalized spacial score (nSPS) is 22.9. The Morgan fingerprint density at radius 2 is 2.11 bits per heavy atom. The van der Waals surface area contributed by atoms with E-state index in [9.17, 15) is 0 Å². The Kier molecular flexibility index (Phi) is 4.87. The van der Waals surface area contributed by atoms with Crippen LogP contribution in [0.4, 0.5) is 0 Å². The van der Waals surface area contributed by atoms with E-state index in [1.165, 1.54) is 24.8 Å². The molecule has 0 radical (unpaired) electrons. The molecule has 106 valence electrons. The third kappa shape index (κ3) is 3.30. The Balaban J connectivity index is 2.30. The summed E-state index contributed by atoms with van der Waals surface area (Å²) in [6, 6.07) is 8.57. The van der Waals surface area contributed by atoms with Crippen molar-refractivity contribution in [2.45, 2.75) is 52.0 Å². The molecule has 1 heterocycles. The van der Waals surface area contributed by atoms with Crippen molar-refractivity contribution >= 4 is 0 Å². The maximum Gasteiger partial charge on any atom is 0.124 e. The zero-order chi connectivity index (χ0) is 13.7. The van der Waals surface area contributed by atoms with Crippen LogP contribution in [0.2, 0.25) is 0 Å². The molecule has 1 aromatic rings. The molecule has 1 fully saturated rings. The van der Waals surface area contributed by atoms with E-state index in [2.05, 4.69) is 50.4 Å². The van der Waals surface area contributed by atoms with Crippen LogP contribution in [-0.2, 0) is 5.54 Å². The summed E-state index contributed by atoms with van der Waals surface area (Å²) in [7, 11) is 0. The molecule has 2 rings (SSSR count). The lowest BCUT2D eigenvalue weighted by molar-refractivity contribution is 0.273. The Morgan fingerprint density at radius 3 is 2.74 bits per heavy atom. The van der Waals surface area contributed by atoms with Gasteiger partial charge in [-0.05, 0) is 44.2 Å². The minimum Gasteiger partial charge on any atom is -0.493 e. The molecular weight excluding hydrogens is 234 g/mol. The number of hydrogen-bond donors (Lipinski definition) is 1. The minimum atomic E-state index is 0.124. The molecule has 0 aliphatic carbocycles. The summed E-state index contributed by atoms with van der Waals surface area (Å²) in [5.41, 5.74) is 1.48. The first-order valence-corrected chi connectivity index (χ1v) is 7.65. The molecule has 0 bridgehead atoms. The van der Waals surface area contributed by atoms with E-state index in [-0.39, 0.29) is 5.54 Å². The average Bonchev–Trinajstić information content (AvgIpc) is 2.85. The average molecular weight is 261 g/mol. The largest absolute Gasteiger partial charge is 0.493 e. The second kappa shape index (κ2) is 6.42. The van der Waals surface area contributed by atoms with Crippen LogP contribution >= 0.6 is 0 Å². The highest BCUT2D eigenvalue weighted by molar-refractivity contribution is 5.40. The molecule has 1 aliphatic heterocycles. The van der Waals surface area contributed by atoms with E-state index >= 15 is 0 Å². The van der Waals surface area contributed by atoms with Gasteiger partial charge in [0.1, 0.15) is 5.75 Å². The fourth-order valence-electron chi connectivity index (χ4n) is 3.22. The Labute approximate surface area is 117 Å². The summed E-state index contributed by atoms with van der Waals surface area (Å²) in [5.74, 6) is 1.75. The van der Waals surface area contributed by atoms with E-state index in [1.54, 1.807) is 0 Å². The van der Waals surface area contributed by atoms with Crippen molar-refractivity contribution in [1.82, 2.24) is 5.32 Å². The lowest BCUT2D eigenvalue weighted by Gasteiger charge is -2.33. The highest BCUT2D eigenvalue weighted by Crippen LogP contribution is 2.41. The molecule has 1 unspecified atom stereocenters. The van der Waals surface area contributed by atoms with Gasteiger partial charge in [0.05, 0.1) is 6.61 Å². The van der Waals surface area contributed by atoms with E-state index in [1.807, 2.05) is 0 Å². The number of hydrogen-bond acceptors (Lipinski definition) is 2. The summed E-state index contributed by atoms with van der Waals surface area (Å²) >= 11 is 0. The summed E-state index contributed by atoms with van der Waals surface area (Å²) in [4.78, 5) is 0. The van der Waals surface area contributed by atoms with Gasteiger partial charge in [0, 0.05) is 11.1 Å². The van der Waals surface area contributed by atoms with Gasteiger partial charge < -0.3 is 10.1 Å². The standard InChI is InChI=1S/C17H27NO/c1-4-12-19-16-9-6-5-8-15(16)17(13-14(2)3)10-7-11-18-17/h5-6,8-9,14,18H,4,7,10-13H2,1-3H3. The number of benzene rings is 1. The van der Waals surface area contributed by atoms with Gasteiger partial charge in [-0.3, -0.25) is 0 Å². The Bertz CT molecular complexity index is 394. The molecule has 1 atom stereocenters. The van der Waals surface area contributed by atoms with Crippen LogP contribution in [0.5, 0.6) is 5.75 Å². The van der Waals surface area contributed by atoms with Crippen molar-refractivity contribution in [1.29, 1.82) is 0 Å². The smallest absolute Gasteiger partial charge is 0.124 e. The second-order valence-electron chi connectivity index (χ2n) is 6.06. The number of rotatable bonds is 6. The van der Waals surface area contributed by atoms with Gasteiger partial charge >= 0.3 is 0 Å². The predicted octanol–water partition coefficient (Wildman–Crippen LogP) is 4.10. The van der Waals surface area contributed by atoms with Crippen LogP contribution in [0.15, 0.2) is 24.3 Å². The van der Waals surface area contributed by atoms with Crippen molar-refractivity contribution in [2.24, 2.45) is 5.92 Å². The molecule has 0 aromatic heterocycles. The van der Waals surface area contributed by atoms with Crippen LogP contribution in [0, 0.1) is 5.92 Å². The maximum atomic E-state index is 5.97. The van der Waals surface area contributed by atoms with Gasteiger partial charge in [-0.2, -0.15) is 0 Å². The minimum absolute atomic E-state index is 0.124. The van der Waals surface area contributed by atoms with Crippen molar-refractivity contribution in [3.8, 4) is 5.75 Å². The first kappa shape index (κ1) is 14.4. The molecule has 1 N–H and O–H groups in total. The number of para-hydroxylation sites is 1. The molecular formula is C17H27NO. The van der Waals surface area contributed by atoms with Gasteiger partial charge in [0.25, 0.3) is 0 Å². The molecule has 1 saturated heterocycles. The topological polar surface area (TPSA) is 21.3 Å². The van der Waals surface area contributed by atoms with Gasteiger partial charge in [0.15, 0.2) is 0 Å². The summed E-state index contributed by atoms with van der Waals surface area (Å²) in [6.45, 7) is 8.68. The summed E-state index contributed by atoms with van der Waals surface area (Å²) in [6.07, 6.45) is 4.71. The van der Waals surface area contributed by atoms with Gasteiger partial charge in [0.2, 0.25) is 0 Å². The highest BCUT2D eigenvalue weighted by atomic mass is 16.5. The van der Waals surface area contributed by atoms with Crippen LogP contribution in [-0.4, -0.2) is 13.2 Å². The van der Waals surface area contributed by atoms with Crippen molar-refractivity contribution in [3.63, 3.8) is 0 Å².